The maximum absolute atomic E-state index is 10.8. The average molecular weight is 436 g/mol. The minimum absolute atomic E-state index is 0.293. The molecule has 116 valence electrons. The predicted molar refractivity (Wildman–Crippen MR) is 95.4 cm³/mol. The normalized spacial score (nSPS) is 11.9. The van der Waals surface area contributed by atoms with Crippen LogP contribution in [0.3, 0.4) is 0 Å². The van der Waals surface area contributed by atoms with Crippen LogP contribution in [0, 0.1) is 24.7 Å². The first-order valence-corrected chi connectivity index (χ1v) is 7.85. The average Bonchev–Trinajstić information content (AvgIpc) is 2.54. The van der Waals surface area contributed by atoms with Gasteiger partial charge in [0.05, 0.1) is 5.69 Å². The van der Waals surface area contributed by atoms with E-state index in [9.17, 15) is 9.90 Å². The summed E-state index contributed by atoms with van der Waals surface area (Å²) in [6.07, 6.45) is 10.0. The van der Waals surface area contributed by atoms with Gasteiger partial charge >= 0.3 is 0 Å². The Labute approximate surface area is 151 Å². The molecule has 0 bridgehead atoms. The van der Waals surface area contributed by atoms with Crippen molar-refractivity contribution in [3.8, 4) is 24.7 Å². The third-order valence-electron chi connectivity index (χ3n) is 2.57. The van der Waals surface area contributed by atoms with E-state index in [1.807, 2.05) is 5.92 Å². The Bertz CT molecular complexity index is 790. The van der Waals surface area contributed by atoms with Crippen molar-refractivity contribution in [1.82, 2.24) is 9.97 Å². The van der Waals surface area contributed by atoms with E-state index in [0.29, 0.717) is 20.6 Å². The third kappa shape index (κ3) is 5.96. The lowest BCUT2D eigenvalue weighted by molar-refractivity contribution is 0.105. The van der Waals surface area contributed by atoms with Gasteiger partial charge in [-0.2, -0.15) is 0 Å². The molecule has 0 spiro atoms. The van der Waals surface area contributed by atoms with Gasteiger partial charge in [-0.05, 0) is 69.0 Å². The van der Waals surface area contributed by atoms with Gasteiger partial charge in [0.15, 0.2) is 5.60 Å². The van der Waals surface area contributed by atoms with Crippen LogP contribution < -0.4 is 0 Å². The van der Waals surface area contributed by atoms with E-state index in [4.69, 9.17) is 12.8 Å². The highest BCUT2D eigenvalue weighted by Crippen LogP contribution is 2.18. The van der Waals surface area contributed by atoms with Crippen molar-refractivity contribution in [1.29, 1.82) is 0 Å². The van der Waals surface area contributed by atoms with Crippen LogP contribution in [0.15, 0.2) is 45.6 Å². The van der Waals surface area contributed by atoms with Crippen molar-refractivity contribution in [2.75, 3.05) is 0 Å². The number of Topliss-reactive ketones (excluding diaryl/α,β-unsaturated/α-hetero) is 1. The Morgan fingerprint density at radius 2 is 1.70 bits per heavy atom. The Morgan fingerprint density at radius 1 is 1.13 bits per heavy atom. The molecule has 0 aliphatic heterocycles. The topological polar surface area (TPSA) is 63.1 Å². The zero-order valence-electron chi connectivity index (χ0n) is 12.1. The molecular formula is C17H12Br2N2O2. The number of aliphatic hydroxyl groups is 1. The van der Waals surface area contributed by atoms with Gasteiger partial charge in [0.1, 0.15) is 14.9 Å². The number of rotatable bonds is 2. The van der Waals surface area contributed by atoms with Gasteiger partial charge in [0, 0.05) is 0 Å². The number of ketones is 1. The van der Waals surface area contributed by atoms with Crippen molar-refractivity contribution < 1.29 is 9.90 Å². The quantitative estimate of drug-likeness (QED) is 0.340. The predicted octanol–water partition coefficient (Wildman–Crippen LogP) is 3.34. The summed E-state index contributed by atoms with van der Waals surface area (Å²) >= 11 is 6.32. The molecule has 2 aromatic heterocycles. The van der Waals surface area contributed by atoms with Gasteiger partial charge in [0.2, 0.25) is 0 Å². The van der Waals surface area contributed by atoms with Crippen molar-refractivity contribution >= 4 is 37.6 Å². The summed E-state index contributed by atoms with van der Waals surface area (Å²) in [5, 5.41) is 9.60. The fraction of sp³-hybridized carbons (Fsp3) is 0.118. The van der Waals surface area contributed by atoms with Crippen LogP contribution in [-0.2, 0) is 5.60 Å². The second-order valence-electron chi connectivity index (χ2n) is 4.38. The summed E-state index contributed by atoms with van der Waals surface area (Å²) < 4.78 is 1.27. The summed E-state index contributed by atoms with van der Waals surface area (Å²) in [5.74, 6) is 3.85. The molecule has 2 heterocycles. The van der Waals surface area contributed by atoms with Gasteiger partial charge in [-0.3, -0.25) is 4.79 Å². The molecule has 0 aliphatic carbocycles. The smallest absolute Gasteiger partial charge is 0.254 e. The van der Waals surface area contributed by atoms with E-state index in [2.05, 4.69) is 47.7 Å². The fourth-order valence-corrected chi connectivity index (χ4v) is 2.05. The molecule has 1 atom stereocenters. The summed E-state index contributed by atoms with van der Waals surface area (Å²) in [4.78, 5) is 18.8. The molecule has 0 fully saturated rings. The standard InChI is InChI=1S/C9H8BrNO.C8H4BrNO/c1-3-9(2,12)7-5-4-6-8(10)11-7;1-2-7(11)6-4-3-5-8(9)10-6/h1,4-6,12H,2H3;1,3-5H. The molecule has 0 amide bonds. The minimum Gasteiger partial charge on any atom is -0.372 e. The maximum atomic E-state index is 10.8. The molecular weight excluding hydrogens is 424 g/mol. The van der Waals surface area contributed by atoms with E-state index in [1.54, 1.807) is 36.4 Å². The number of terminal acetylenes is 2. The van der Waals surface area contributed by atoms with Gasteiger partial charge in [-0.15, -0.1) is 12.8 Å². The molecule has 0 radical (unpaired) electrons. The Hall–Kier alpha value is -1.99. The van der Waals surface area contributed by atoms with Crippen LogP contribution in [0.1, 0.15) is 23.1 Å². The number of aromatic nitrogens is 2. The van der Waals surface area contributed by atoms with E-state index >= 15 is 0 Å². The zero-order chi connectivity index (χ0) is 17.5. The summed E-state index contributed by atoms with van der Waals surface area (Å²) in [6, 6.07) is 10.3. The molecule has 0 saturated carbocycles. The van der Waals surface area contributed by atoms with Crippen LogP contribution in [0.2, 0.25) is 0 Å². The van der Waals surface area contributed by atoms with Gasteiger partial charge in [0.25, 0.3) is 5.78 Å². The van der Waals surface area contributed by atoms with Crippen LogP contribution in [-0.4, -0.2) is 20.9 Å². The fourth-order valence-electron chi connectivity index (χ4n) is 1.36. The second kappa shape index (κ2) is 8.59. The Kier molecular flexibility index (Phi) is 7.12. The van der Waals surface area contributed by atoms with Crippen LogP contribution in [0.5, 0.6) is 0 Å². The van der Waals surface area contributed by atoms with E-state index in [1.165, 1.54) is 6.92 Å². The molecule has 2 aromatic rings. The first-order valence-electron chi connectivity index (χ1n) is 6.27. The lowest BCUT2D eigenvalue weighted by Gasteiger charge is -2.14. The zero-order valence-corrected chi connectivity index (χ0v) is 15.3. The largest absolute Gasteiger partial charge is 0.372 e. The molecule has 0 aromatic carbocycles. The van der Waals surface area contributed by atoms with E-state index < -0.39 is 11.4 Å². The van der Waals surface area contributed by atoms with E-state index in [-0.39, 0.29) is 0 Å². The lowest BCUT2D eigenvalue weighted by atomic mass is 10.0. The van der Waals surface area contributed by atoms with Gasteiger partial charge in [-0.25, -0.2) is 9.97 Å². The van der Waals surface area contributed by atoms with Crippen LogP contribution in [0.25, 0.3) is 0 Å². The molecule has 4 nitrogen and oxygen atoms in total. The summed E-state index contributed by atoms with van der Waals surface area (Å²) in [6.45, 7) is 1.53. The Morgan fingerprint density at radius 3 is 2.17 bits per heavy atom. The number of carbonyl (C=O) groups excluding carboxylic acids is 1. The van der Waals surface area contributed by atoms with Crippen molar-refractivity contribution in [2.24, 2.45) is 0 Å². The number of halogens is 2. The molecule has 0 saturated heterocycles. The third-order valence-corrected chi connectivity index (χ3v) is 3.46. The number of hydrogen-bond acceptors (Lipinski definition) is 4. The number of nitrogens with zero attached hydrogens (tertiary/aromatic N) is 2. The highest BCUT2D eigenvalue weighted by Gasteiger charge is 2.20. The van der Waals surface area contributed by atoms with Crippen LogP contribution in [0.4, 0.5) is 0 Å². The monoisotopic (exact) mass is 434 g/mol. The summed E-state index contributed by atoms with van der Waals surface area (Å²) in [7, 11) is 0. The highest BCUT2D eigenvalue weighted by atomic mass is 79.9. The molecule has 1 unspecified atom stereocenters. The number of carbonyl (C=O) groups is 1. The summed E-state index contributed by atoms with van der Waals surface area (Å²) in [5.41, 5.74) is -0.523. The molecule has 2 rings (SSSR count). The van der Waals surface area contributed by atoms with Crippen molar-refractivity contribution in [3.63, 3.8) is 0 Å². The number of pyridine rings is 2. The lowest BCUT2D eigenvalue weighted by Crippen LogP contribution is -2.19. The molecule has 23 heavy (non-hydrogen) atoms. The van der Waals surface area contributed by atoms with E-state index in [0.717, 1.165) is 0 Å². The molecule has 6 heteroatoms. The SMILES string of the molecule is C#CC(=O)c1cccc(Br)n1.C#CC(C)(O)c1cccc(Br)n1. The Balaban J connectivity index is 0.000000231. The van der Waals surface area contributed by atoms with Crippen molar-refractivity contribution in [2.45, 2.75) is 12.5 Å². The van der Waals surface area contributed by atoms with Gasteiger partial charge < -0.3 is 5.11 Å². The maximum Gasteiger partial charge on any atom is 0.254 e. The van der Waals surface area contributed by atoms with Crippen LogP contribution >= 0.6 is 31.9 Å². The van der Waals surface area contributed by atoms with Gasteiger partial charge in [-0.1, -0.05) is 18.1 Å². The second-order valence-corrected chi connectivity index (χ2v) is 6.01. The highest BCUT2D eigenvalue weighted by molar-refractivity contribution is 9.10. The molecule has 1 N–H and O–H groups in total. The molecule has 0 aliphatic rings. The minimum atomic E-state index is -1.29. The van der Waals surface area contributed by atoms with Crippen molar-refractivity contribution in [3.05, 3.63) is 57.0 Å². The first-order chi connectivity index (χ1) is 10.8. The number of hydrogen-bond donors (Lipinski definition) is 1. The first kappa shape index (κ1) is 19.1.